The quantitative estimate of drug-likeness (QED) is 0.735. The van der Waals surface area contributed by atoms with Crippen molar-refractivity contribution in [2.45, 2.75) is 19.9 Å². The SMILES string of the molecule is Cc1cccc2sc(C(C)N)cc12. The summed E-state index contributed by atoms with van der Waals surface area (Å²) in [6.45, 7) is 4.17. The van der Waals surface area contributed by atoms with Crippen molar-refractivity contribution in [1.82, 2.24) is 0 Å². The van der Waals surface area contributed by atoms with Gasteiger partial charge >= 0.3 is 0 Å². The van der Waals surface area contributed by atoms with Crippen LogP contribution in [-0.4, -0.2) is 0 Å². The maximum Gasteiger partial charge on any atom is 0.0361 e. The lowest BCUT2D eigenvalue weighted by Crippen LogP contribution is -2.01. The van der Waals surface area contributed by atoms with Crippen molar-refractivity contribution in [1.29, 1.82) is 0 Å². The van der Waals surface area contributed by atoms with Gasteiger partial charge in [0, 0.05) is 15.6 Å². The number of hydrogen-bond donors (Lipinski definition) is 1. The van der Waals surface area contributed by atoms with Crippen molar-refractivity contribution in [2.75, 3.05) is 0 Å². The van der Waals surface area contributed by atoms with Crippen LogP contribution in [-0.2, 0) is 0 Å². The molecule has 1 unspecified atom stereocenters. The third-order valence-corrected chi connectivity index (χ3v) is 3.55. The first-order valence-corrected chi connectivity index (χ1v) is 5.25. The molecular formula is C11H13NS. The van der Waals surface area contributed by atoms with E-state index in [1.807, 2.05) is 6.92 Å². The molecule has 1 atom stereocenters. The van der Waals surface area contributed by atoms with Crippen molar-refractivity contribution in [3.05, 3.63) is 34.7 Å². The van der Waals surface area contributed by atoms with E-state index in [1.165, 1.54) is 20.5 Å². The zero-order valence-corrected chi connectivity index (χ0v) is 8.69. The minimum atomic E-state index is 0.150. The Hall–Kier alpha value is -0.860. The van der Waals surface area contributed by atoms with Gasteiger partial charge in [0.2, 0.25) is 0 Å². The summed E-state index contributed by atoms with van der Waals surface area (Å²) in [5, 5.41) is 1.35. The Morgan fingerprint density at radius 3 is 2.77 bits per heavy atom. The number of benzene rings is 1. The minimum Gasteiger partial charge on any atom is -0.324 e. The highest BCUT2D eigenvalue weighted by Crippen LogP contribution is 2.30. The molecule has 0 saturated heterocycles. The highest BCUT2D eigenvalue weighted by atomic mass is 32.1. The second-order valence-corrected chi connectivity index (χ2v) is 4.54. The average molecular weight is 191 g/mol. The second kappa shape index (κ2) is 3.13. The zero-order chi connectivity index (χ0) is 9.42. The smallest absolute Gasteiger partial charge is 0.0361 e. The van der Waals surface area contributed by atoms with Gasteiger partial charge in [0.1, 0.15) is 0 Å². The molecule has 0 fully saturated rings. The topological polar surface area (TPSA) is 26.0 Å². The maximum atomic E-state index is 5.84. The molecule has 1 nitrogen and oxygen atoms in total. The molecule has 1 heterocycles. The Kier molecular flexibility index (Phi) is 2.10. The Labute approximate surface area is 82.2 Å². The van der Waals surface area contributed by atoms with Crippen LogP contribution in [0.15, 0.2) is 24.3 Å². The number of thiophene rings is 1. The molecule has 0 aliphatic carbocycles. The van der Waals surface area contributed by atoms with Crippen molar-refractivity contribution in [3.8, 4) is 0 Å². The molecule has 0 aliphatic rings. The molecule has 13 heavy (non-hydrogen) atoms. The van der Waals surface area contributed by atoms with Crippen LogP contribution in [0.2, 0.25) is 0 Å². The van der Waals surface area contributed by atoms with E-state index < -0.39 is 0 Å². The van der Waals surface area contributed by atoms with Gasteiger partial charge in [0.05, 0.1) is 0 Å². The van der Waals surface area contributed by atoms with Gasteiger partial charge in [-0.25, -0.2) is 0 Å². The summed E-state index contributed by atoms with van der Waals surface area (Å²) in [7, 11) is 0. The second-order valence-electron chi connectivity index (χ2n) is 3.42. The third kappa shape index (κ3) is 1.47. The fourth-order valence-electron chi connectivity index (χ4n) is 1.45. The number of rotatable bonds is 1. The highest BCUT2D eigenvalue weighted by molar-refractivity contribution is 7.19. The lowest BCUT2D eigenvalue weighted by atomic mass is 10.1. The normalized spacial score (nSPS) is 13.5. The molecular weight excluding hydrogens is 178 g/mol. The van der Waals surface area contributed by atoms with E-state index in [4.69, 9.17) is 5.73 Å². The van der Waals surface area contributed by atoms with Crippen LogP contribution < -0.4 is 5.73 Å². The molecule has 0 bridgehead atoms. The molecule has 2 rings (SSSR count). The lowest BCUT2D eigenvalue weighted by molar-refractivity contribution is 0.839. The predicted octanol–water partition coefficient (Wildman–Crippen LogP) is 3.23. The molecule has 0 radical (unpaired) electrons. The Balaban J connectivity index is 2.68. The largest absolute Gasteiger partial charge is 0.324 e. The number of aryl methyl sites for hydroxylation is 1. The molecule has 1 aromatic carbocycles. The number of fused-ring (bicyclic) bond motifs is 1. The summed E-state index contributed by atoms with van der Waals surface area (Å²) in [6.07, 6.45) is 0. The summed E-state index contributed by atoms with van der Waals surface area (Å²) in [4.78, 5) is 1.27. The Morgan fingerprint density at radius 2 is 2.15 bits per heavy atom. The number of nitrogens with two attached hydrogens (primary N) is 1. The summed E-state index contributed by atoms with van der Waals surface area (Å²) >= 11 is 1.79. The first-order chi connectivity index (χ1) is 6.18. The minimum absolute atomic E-state index is 0.150. The van der Waals surface area contributed by atoms with Crippen LogP contribution in [0.1, 0.15) is 23.4 Å². The van der Waals surface area contributed by atoms with Gasteiger partial charge in [-0.3, -0.25) is 0 Å². The molecule has 0 saturated carbocycles. The molecule has 0 spiro atoms. The molecule has 2 heteroatoms. The molecule has 68 valence electrons. The molecule has 2 aromatic rings. The fourth-order valence-corrected chi connectivity index (χ4v) is 2.54. The fraction of sp³-hybridized carbons (Fsp3) is 0.273. The maximum absolute atomic E-state index is 5.84. The van der Waals surface area contributed by atoms with Gasteiger partial charge in [-0.2, -0.15) is 0 Å². The van der Waals surface area contributed by atoms with E-state index in [9.17, 15) is 0 Å². The monoisotopic (exact) mass is 191 g/mol. The van der Waals surface area contributed by atoms with Gasteiger partial charge < -0.3 is 5.73 Å². The van der Waals surface area contributed by atoms with Crippen molar-refractivity contribution < 1.29 is 0 Å². The van der Waals surface area contributed by atoms with E-state index in [-0.39, 0.29) is 6.04 Å². The van der Waals surface area contributed by atoms with Gasteiger partial charge in [0.15, 0.2) is 0 Å². The molecule has 0 amide bonds. The van der Waals surface area contributed by atoms with E-state index in [0.717, 1.165) is 0 Å². The van der Waals surface area contributed by atoms with Gasteiger partial charge in [0.25, 0.3) is 0 Å². The van der Waals surface area contributed by atoms with Crippen LogP contribution in [0.4, 0.5) is 0 Å². The van der Waals surface area contributed by atoms with Crippen LogP contribution in [0.3, 0.4) is 0 Å². The standard InChI is InChI=1S/C11H13NS/c1-7-4-3-5-10-9(7)6-11(13-10)8(2)12/h3-6,8H,12H2,1-2H3. The first kappa shape index (κ1) is 8.73. The lowest BCUT2D eigenvalue weighted by Gasteiger charge is -1.97. The van der Waals surface area contributed by atoms with E-state index in [2.05, 4.69) is 31.2 Å². The van der Waals surface area contributed by atoms with Gasteiger partial charge in [-0.15, -0.1) is 11.3 Å². The van der Waals surface area contributed by atoms with Crippen LogP contribution >= 0.6 is 11.3 Å². The van der Waals surface area contributed by atoms with Crippen LogP contribution in [0.25, 0.3) is 10.1 Å². The third-order valence-electron chi connectivity index (χ3n) is 2.25. The molecule has 0 aliphatic heterocycles. The predicted molar refractivity (Wildman–Crippen MR) is 59.2 cm³/mol. The summed E-state index contributed by atoms with van der Waals surface area (Å²) in [5.41, 5.74) is 7.17. The Morgan fingerprint density at radius 1 is 1.38 bits per heavy atom. The van der Waals surface area contributed by atoms with Gasteiger partial charge in [-0.1, -0.05) is 12.1 Å². The van der Waals surface area contributed by atoms with E-state index in [0.29, 0.717) is 0 Å². The zero-order valence-electron chi connectivity index (χ0n) is 7.87. The molecule has 2 N–H and O–H groups in total. The highest BCUT2D eigenvalue weighted by Gasteiger charge is 2.06. The molecule has 1 aromatic heterocycles. The van der Waals surface area contributed by atoms with Crippen molar-refractivity contribution >= 4 is 21.4 Å². The number of hydrogen-bond acceptors (Lipinski definition) is 2. The first-order valence-electron chi connectivity index (χ1n) is 4.43. The van der Waals surface area contributed by atoms with Crippen LogP contribution in [0.5, 0.6) is 0 Å². The van der Waals surface area contributed by atoms with E-state index >= 15 is 0 Å². The van der Waals surface area contributed by atoms with Gasteiger partial charge in [-0.05, 0) is 36.9 Å². The van der Waals surface area contributed by atoms with Crippen molar-refractivity contribution in [2.24, 2.45) is 5.73 Å². The summed E-state index contributed by atoms with van der Waals surface area (Å²) in [5.74, 6) is 0. The van der Waals surface area contributed by atoms with E-state index in [1.54, 1.807) is 11.3 Å². The summed E-state index contributed by atoms with van der Waals surface area (Å²) < 4.78 is 1.34. The Bertz CT molecular complexity index is 429. The van der Waals surface area contributed by atoms with Crippen molar-refractivity contribution in [3.63, 3.8) is 0 Å². The summed E-state index contributed by atoms with van der Waals surface area (Å²) in [6, 6.07) is 8.75. The average Bonchev–Trinajstić information content (AvgIpc) is 2.49. The van der Waals surface area contributed by atoms with Crippen LogP contribution in [0, 0.1) is 6.92 Å².